The first-order chi connectivity index (χ1) is 22.0. The molecule has 1 saturated heterocycles. The molecule has 15 nitrogen and oxygen atoms in total. The van der Waals surface area contributed by atoms with Crippen LogP contribution in [0, 0.1) is 0 Å². The first-order valence-electron chi connectivity index (χ1n) is 16.7. The number of aliphatic hydroxyl groups is 1. The standard InChI is InChI=1S/C30H60N4O11Si/c1-4-43-46(44-5-2,45-6-3)24-8-23-42-26-27(35)25-34-13-7-12-31(14-9-28(36)37)17-18-32(15-10-29(38)39)19-20-33(21-22-34)16-11-30(40)41/h27,35H,4-26H2,1-3H3,(H,36,37)(H,38,39)(H,40,41). The summed E-state index contributed by atoms with van der Waals surface area (Å²) in [4.78, 5) is 42.2. The lowest BCUT2D eigenvalue weighted by atomic mass is 10.2. The number of carbonyl (C=O) groups is 3. The fourth-order valence-corrected chi connectivity index (χ4v) is 7.97. The van der Waals surface area contributed by atoms with Gasteiger partial charge in [-0.2, -0.15) is 0 Å². The van der Waals surface area contributed by atoms with Crippen LogP contribution >= 0.6 is 0 Å². The summed E-state index contributed by atoms with van der Waals surface area (Å²) in [5.74, 6) is -2.64. The lowest BCUT2D eigenvalue weighted by Gasteiger charge is -2.30. The fraction of sp³-hybridized carbons (Fsp3) is 0.900. The predicted molar refractivity (Wildman–Crippen MR) is 174 cm³/mol. The lowest BCUT2D eigenvalue weighted by Crippen LogP contribution is -2.46. The number of carboxylic acid groups (broad SMARTS) is 3. The molecule has 0 saturated carbocycles. The Balaban J connectivity index is 2.84. The van der Waals surface area contributed by atoms with Gasteiger partial charge in [-0.3, -0.25) is 19.3 Å². The molecule has 1 fully saturated rings. The van der Waals surface area contributed by atoms with Crippen LogP contribution in [0.2, 0.25) is 6.04 Å². The van der Waals surface area contributed by atoms with Crippen molar-refractivity contribution in [2.45, 2.75) is 65.0 Å². The van der Waals surface area contributed by atoms with Crippen molar-refractivity contribution in [3.63, 3.8) is 0 Å². The van der Waals surface area contributed by atoms with Crippen LogP contribution in [0.1, 0.15) is 52.9 Å². The summed E-state index contributed by atoms with van der Waals surface area (Å²) >= 11 is 0. The molecular weight excluding hydrogens is 620 g/mol. The van der Waals surface area contributed by atoms with Gasteiger partial charge in [0.2, 0.25) is 0 Å². The summed E-state index contributed by atoms with van der Waals surface area (Å²) in [6, 6.07) is 0.628. The average molecular weight is 681 g/mol. The van der Waals surface area contributed by atoms with E-state index in [9.17, 15) is 34.8 Å². The van der Waals surface area contributed by atoms with Crippen molar-refractivity contribution in [3.8, 4) is 0 Å². The number of aliphatic carboxylic acids is 3. The van der Waals surface area contributed by atoms with E-state index in [0.717, 1.165) is 6.42 Å². The van der Waals surface area contributed by atoms with Crippen molar-refractivity contribution >= 4 is 26.7 Å². The highest BCUT2D eigenvalue weighted by atomic mass is 28.4. The highest BCUT2D eigenvalue weighted by molar-refractivity contribution is 6.60. The van der Waals surface area contributed by atoms with Gasteiger partial charge in [0.25, 0.3) is 0 Å². The maximum atomic E-state index is 11.3. The second kappa shape index (κ2) is 25.3. The van der Waals surface area contributed by atoms with Crippen molar-refractivity contribution in [2.75, 3.05) is 112 Å². The third kappa shape index (κ3) is 20.5. The van der Waals surface area contributed by atoms with Crippen LogP contribution in [0.4, 0.5) is 0 Å². The van der Waals surface area contributed by atoms with E-state index in [4.69, 9.17) is 18.0 Å². The van der Waals surface area contributed by atoms with E-state index in [0.29, 0.717) is 117 Å². The normalized spacial score (nSPS) is 18.0. The van der Waals surface area contributed by atoms with E-state index in [1.807, 2.05) is 20.8 Å². The van der Waals surface area contributed by atoms with E-state index >= 15 is 0 Å². The summed E-state index contributed by atoms with van der Waals surface area (Å²) in [5, 5.41) is 38.6. The molecule has 1 rings (SSSR count). The molecule has 0 spiro atoms. The van der Waals surface area contributed by atoms with Crippen molar-refractivity contribution in [3.05, 3.63) is 0 Å². The van der Waals surface area contributed by atoms with Crippen LogP contribution in [0.15, 0.2) is 0 Å². The molecule has 1 unspecified atom stereocenters. The van der Waals surface area contributed by atoms with Gasteiger partial charge in [0, 0.05) is 97.9 Å². The molecule has 0 amide bonds. The summed E-state index contributed by atoms with van der Waals surface area (Å²) in [7, 11) is -2.75. The van der Waals surface area contributed by atoms with Gasteiger partial charge in [0.15, 0.2) is 0 Å². The molecule has 46 heavy (non-hydrogen) atoms. The Labute approximate surface area is 275 Å². The lowest BCUT2D eigenvalue weighted by molar-refractivity contribution is -0.138. The van der Waals surface area contributed by atoms with Crippen molar-refractivity contribution < 1.29 is 52.8 Å². The Morgan fingerprint density at radius 2 is 1.04 bits per heavy atom. The third-order valence-electron chi connectivity index (χ3n) is 7.72. The van der Waals surface area contributed by atoms with Crippen LogP contribution in [-0.2, 0) is 32.4 Å². The monoisotopic (exact) mass is 680 g/mol. The smallest absolute Gasteiger partial charge is 0.481 e. The van der Waals surface area contributed by atoms with Crippen molar-refractivity contribution in [1.29, 1.82) is 0 Å². The van der Waals surface area contributed by atoms with E-state index in [1.165, 1.54) is 0 Å². The van der Waals surface area contributed by atoms with E-state index in [1.54, 1.807) is 0 Å². The van der Waals surface area contributed by atoms with Gasteiger partial charge in [-0.15, -0.1) is 0 Å². The van der Waals surface area contributed by atoms with Gasteiger partial charge in [-0.05, 0) is 46.7 Å². The quantitative estimate of drug-likeness (QED) is 0.0880. The average Bonchev–Trinajstić information content (AvgIpc) is 3.00. The van der Waals surface area contributed by atoms with Gasteiger partial charge in [-0.25, -0.2) is 0 Å². The molecule has 0 aromatic rings. The summed E-state index contributed by atoms with van der Waals surface area (Å²) in [5.41, 5.74) is 0. The molecule has 1 heterocycles. The molecule has 1 atom stereocenters. The molecule has 0 bridgehead atoms. The zero-order valence-electron chi connectivity index (χ0n) is 28.3. The zero-order chi connectivity index (χ0) is 34.2. The van der Waals surface area contributed by atoms with Crippen molar-refractivity contribution in [1.82, 2.24) is 19.6 Å². The largest absolute Gasteiger partial charge is 0.501 e. The Bertz CT molecular complexity index is 828. The fourth-order valence-electron chi connectivity index (χ4n) is 5.39. The Kier molecular flexibility index (Phi) is 23.3. The van der Waals surface area contributed by atoms with E-state index in [-0.39, 0.29) is 25.9 Å². The Morgan fingerprint density at radius 3 is 1.46 bits per heavy atom. The molecule has 0 aliphatic carbocycles. The molecule has 270 valence electrons. The minimum atomic E-state index is -2.75. The maximum Gasteiger partial charge on any atom is 0.501 e. The molecule has 16 heteroatoms. The van der Waals surface area contributed by atoms with Crippen LogP contribution in [0.3, 0.4) is 0 Å². The highest BCUT2D eigenvalue weighted by Crippen LogP contribution is 2.18. The number of ether oxygens (including phenoxy) is 1. The molecule has 0 aromatic carbocycles. The van der Waals surface area contributed by atoms with Crippen LogP contribution in [0.25, 0.3) is 0 Å². The van der Waals surface area contributed by atoms with Gasteiger partial charge < -0.3 is 53.1 Å². The van der Waals surface area contributed by atoms with E-state index in [2.05, 4.69) is 19.6 Å². The van der Waals surface area contributed by atoms with Crippen LogP contribution in [0.5, 0.6) is 0 Å². The van der Waals surface area contributed by atoms with Gasteiger partial charge in [0.05, 0.1) is 32.0 Å². The molecular formula is C30H60N4O11Si. The van der Waals surface area contributed by atoms with E-state index < -0.39 is 32.8 Å². The molecule has 0 aromatic heterocycles. The second-order valence-electron chi connectivity index (χ2n) is 11.4. The van der Waals surface area contributed by atoms with Gasteiger partial charge in [-0.1, -0.05) is 0 Å². The second-order valence-corrected chi connectivity index (χ2v) is 14.2. The first kappa shape index (κ1) is 42.3. The maximum absolute atomic E-state index is 11.3. The SMILES string of the molecule is CCO[Si](CCCOCC(O)CN1CCCN(CCC(=O)O)CCN(CCC(=O)O)CCN(CCC(=O)O)CC1)(OCC)OCC. The predicted octanol–water partition coefficient (Wildman–Crippen LogP) is 0.838. The van der Waals surface area contributed by atoms with Crippen LogP contribution < -0.4 is 0 Å². The third-order valence-corrected chi connectivity index (χ3v) is 10.9. The Hall–Kier alpha value is -1.73. The Morgan fingerprint density at radius 1 is 0.652 bits per heavy atom. The highest BCUT2D eigenvalue weighted by Gasteiger charge is 2.39. The molecule has 0 radical (unpaired) electrons. The number of aliphatic hydroxyl groups excluding tert-OH is 1. The summed E-state index contributed by atoms with van der Waals surface area (Å²) < 4.78 is 23.5. The van der Waals surface area contributed by atoms with Gasteiger partial charge in [0.1, 0.15) is 0 Å². The number of hydrogen-bond acceptors (Lipinski definition) is 12. The number of carboxylic acids is 3. The number of hydrogen-bond donors (Lipinski definition) is 4. The van der Waals surface area contributed by atoms with Crippen LogP contribution in [-0.4, -0.2) is 184 Å². The minimum Gasteiger partial charge on any atom is -0.481 e. The molecule has 1 aliphatic heterocycles. The summed E-state index contributed by atoms with van der Waals surface area (Å²) in [6.07, 6.45) is 0.695. The first-order valence-corrected chi connectivity index (χ1v) is 18.7. The number of rotatable bonds is 23. The topological polar surface area (TPSA) is 182 Å². The summed E-state index contributed by atoms with van der Waals surface area (Å²) in [6.45, 7) is 14.2. The van der Waals surface area contributed by atoms with Crippen molar-refractivity contribution in [2.24, 2.45) is 0 Å². The molecule has 4 N–H and O–H groups in total. The number of β-amino-alcohol motifs (C(OH)–C–C–N with tert-alkyl or cyclic N) is 1. The minimum absolute atomic E-state index is 0.00537. The molecule has 1 aliphatic rings. The number of nitrogens with zero attached hydrogens (tertiary/aromatic N) is 4. The zero-order valence-corrected chi connectivity index (χ0v) is 29.3. The van der Waals surface area contributed by atoms with Gasteiger partial charge >= 0.3 is 26.7 Å².